The largest absolute Gasteiger partial charge is 0.355 e. The second kappa shape index (κ2) is 6.67. The topological polar surface area (TPSA) is 46.9 Å². The molecule has 0 aliphatic heterocycles. The Bertz CT molecular complexity index is 914. The molecule has 1 saturated carbocycles. The van der Waals surface area contributed by atoms with E-state index in [9.17, 15) is 9.18 Å². The van der Waals surface area contributed by atoms with Gasteiger partial charge in [0.2, 0.25) is 5.91 Å². The van der Waals surface area contributed by atoms with E-state index in [4.69, 9.17) is 0 Å². The molecule has 1 N–H and O–H groups in total. The SMILES string of the molecule is O=C(NCCc1nc2ccccc2n1Cc1ccccc1F)C1CC1. The van der Waals surface area contributed by atoms with Crippen molar-refractivity contribution in [3.63, 3.8) is 0 Å². The molecule has 128 valence electrons. The summed E-state index contributed by atoms with van der Waals surface area (Å²) in [6, 6.07) is 14.7. The van der Waals surface area contributed by atoms with Crippen molar-refractivity contribution in [3.8, 4) is 0 Å². The molecule has 2 aromatic carbocycles. The van der Waals surface area contributed by atoms with Crippen molar-refractivity contribution in [1.82, 2.24) is 14.9 Å². The molecule has 1 amide bonds. The molecule has 1 fully saturated rings. The van der Waals surface area contributed by atoms with Crippen LogP contribution in [0.5, 0.6) is 0 Å². The molecule has 0 atom stereocenters. The Morgan fingerprint density at radius 1 is 1.16 bits per heavy atom. The fourth-order valence-corrected chi connectivity index (χ4v) is 3.08. The van der Waals surface area contributed by atoms with Crippen LogP contribution in [0.15, 0.2) is 48.5 Å². The molecule has 0 spiro atoms. The van der Waals surface area contributed by atoms with Gasteiger partial charge in [0.05, 0.1) is 17.6 Å². The maximum atomic E-state index is 14.1. The van der Waals surface area contributed by atoms with Crippen LogP contribution in [0.2, 0.25) is 0 Å². The number of carbonyl (C=O) groups is 1. The fourth-order valence-electron chi connectivity index (χ4n) is 3.08. The number of benzene rings is 2. The number of nitrogens with zero attached hydrogens (tertiary/aromatic N) is 2. The first-order chi connectivity index (χ1) is 12.2. The third-order valence-electron chi connectivity index (χ3n) is 4.62. The highest BCUT2D eigenvalue weighted by Crippen LogP contribution is 2.28. The highest BCUT2D eigenvalue weighted by molar-refractivity contribution is 5.80. The number of imidazole rings is 1. The van der Waals surface area contributed by atoms with Gasteiger partial charge in [0.15, 0.2) is 0 Å². The number of fused-ring (bicyclic) bond motifs is 1. The molecule has 1 heterocycles. The van der Waals surface area contributed by atoms with Gasteiger partial charge in [-0.3, -0.25) is 4.79 Å². The number of para-hydroxylation sites is 2. The maximum absolute atomic E-state index is 14.1. The van der Waals surface area contributed by atoms with Crippen LogP contribution in [0.4, 0.5) is 4.39 Å². The van der Waals surface area contributed by atoms with Crippen molar-refractivity contribution in [2.24, 2.45) is 5.92 Å². The average molecular weight is 337 g/mol. The second-order valence-electron chi connectivity index (χ2n) is 6.51. The van der Waals surface area contributed by atoms with E-state index in [2.05, 4.69) is 10.3 Å². The van der Waals surface area contributed by atoms with Crippen LogP contribution >= 0.6 is 0 Å². The zero-order valence-corrected chi connectivity index (χ0v) is 13.9. The van der Waals surface area contributed by atoms with Gasteiger partial charge in [-0.25, -0.2) is 9.37 Å². The molecule has 1 aliphatic carbocycles. The molecule has 0 bridgehead atoms. The summed E-state index contributed by atoms with van der Waals surface area (Å²) in [5.74, 6) is 0.989. The molecule has 4 rings (SSSR count). The first kappa shape index (κ1) is 15.8. The van der Waals surface area contributed by atoms with Crippen molar-refractivity contribution in [2.45, 2.75) is 25.8 Å². The van der Waals surface area contributed by atoms with Crippen molar-refractivity contribution in [1.29, 1.82) is 0 Å². The number of nitrogens with one attached hydrogen (secondary N) is 1. The predicted octanol–water partition coefficient (Wildman–Crippen LogP) is 3.29. The molecular weight excluding hydrogens is 317 g/mol. The monoisotopic (exact) mass is 337 g/mol. The quantitative estimate of drug-likeness (QED) is 0.750. The fraction of sp³-hybridized carbons (Fsp3) is 0.300. The van der Waals surface area contributed by atoms with Crippen LogP contribution in [-0.4, -0.2) is 22.0 Å². The molecule has 0 radical (unpaired) electrons. The Balaban J connectivity index is 1.59. The second-order valence-corrected chi connectivity index (χ2v) is 6.51. The van der Waals surface area contributed by atoms with E-state index in [1.54, 1.807) is 12.1 Å². The zero-order chi connectivity index (χ0) is 17.2. The Morgan fingerprint density at radius 2 is 1.92 bits per heavy atom. The van der Waals surface area contributed by atoms with E-state index in [1.807, 2.05) is 34.9 Å². The van der Waals surface area contributed by atoms with Crippen LogP contribution in [0.1, 0.15) is 24.2 Å². The van der Waals surface area contributed by atoms with Gasteiger partial charge in [-0.2, -0.15) is 0 Å². The molecule has 1 aliphatic rings. The predicted molar refractivity (Wildman–Crippen MR) is 94.7 cm³/mol. The van der Waals surface area contributed by atoms with Gasteiger partial charge >= 0.3 is 0 Å². The van der Waals surface area contributed by atoms with Gasteiger partial charge in [0.1, 0.15) is 11.6 Å². The Labute approximate surface area is 145 Å². The van der Waals surface area contributed by atoms with Crippen LogP contribution in [0.3, 0.4) is 0 Å². The zero-order valence-electron chi connectivity index (χ0n) is 13.9. The first-order valence-electron chi connectivity index (χ1n) is 8.67. The van der Waals surface area contributed by atoms with E-state index in [1.165, 1.54) is 6.07 Å². The average Bonchev–Trinajstić information content (AvgIpc) is 3.41. The molecule has 5 heteroatoms. The summed E-state index contributed by atoms with van der Waals surface area (Å²) >= 11 is 0. The van der Waals surface area contributed by atoms with Crippen LogP contribution in [0, 0.1) is 11.7 Å². The minimum atomic E-state index is -0.215. The van der Waals surface area contributed by atoms with E-state index in [0.717, 1.165) is 29.7 Å². The molecule has 0 unspecified atom stereocenters. The minimum Gasteiger partial charge on any atom is -0.355 e. The van der Waals surface area contributed by atoms with Crippen LogP contribution in [0.25, 0.3) is 11.0 Å². The smallest absolute Gasteiger partial charge is 0.223 e. The lowest BCUT2D eigenvalue weighted by molar-refractivity contribution is -0.122. The minimum absolute atomic E-state index is 0.136. The van der Waals surface area contributed by atoms with E-state index < -0.39 is 0 Å². The van der Waals surface area contributed by atoms with E-state index in [-0.39, 0.29) is 17.6 Å². The summed E-state index contributed by atoms with van der Waals surface area (Å²) in [5, 5.41) is 2.97. The third-order valence-corrected chi connectivity index (χ3v) is 4.62. The summed E-state index contributed by atoms with van der Waals surface area (Å²) in [6.45, 7) is 0.981. The number of carbonyl (C=O) groups excluding carboxylic acids is 1. The number of aromatic nitrogens is 2. The molecule has 0 saturated heterocycles. The number of hydrogen-bond acceptors (Lipinski definition) is 2. The van der Waals surface area contributed by atoms with Crippen molar-refractivity contribution >= 4 is 16.9 Å². The Morgan fingerprint density at radius 3 is 2.72 bits per heavy atom. The number of halogens is 1. The molecule has 1 aromatic heterocycles. The van der Waals surface area contributed by atoms with E-state index in [0.29, 0.717) is 25.1 Å². The van der Waals surface area contributed by atoms with Crippen molar-refractivity contribution in [3.05, 3.63) is 65.7 Å². The van der Waals surface area contributed by atoms with Gasteiger partial charge in [-0.1, -0.05) is 30.3 Å². The van der Waals surface area contributed by atoms with Crippen LogP contribution in [-0.2, 0) is 17.8 Å². The van der Waals surface area contributed by atoms with Crippen molar-refractivity contribution < 1.29 is 9.18 Å². The van der Waals surface area contributed by atoms with Gasteiger partial charge in [0, 0.05) is 24.4 Å². The lowest BCUT2D eigenvalue weighted by atomic mass is 10.2. The lowest BCUT2D eigenvalue weighted by Gasteiger charge is -2.11. The highest BCUT2D eigenvalue weighted by atomic mass is 19.1. The Kier molecular flexibility index (Phi) is 4.22. The van der Waals surface area contributed by atoms with Crippen molar-refractivity contribution in [2.75, 3.05) is 6.54 Å². The number of amides is 1. The lowest BCUT2D eigenvalue weighted by Crippen LogP contribution is -2.27. The Hall–Kier alpha value is -2.69. The number of hydrogen-bond donors (Lipinski definition) is 1. The summed E-state index contributed by atoms with van der Waals surface area (Å²) in [4.78, 5) is 16.5. The third kappa shape index (κ3) is 3.40. The van der Waals surface area contributed by atoms with E-state index >= 15 is 0 Å². The van der Waals surface area contributed by atoms with Gasteiger partial charge in [-0.15, -0.1) is 0 Å². The maximum Gasteiger partial charge on any atom is 0.223 e. The molecular formula is C20H20FN3O. The summed E-state index contributed by atoms with van der Waals surface area (Å²) in [6.07, 6.45) is 2.62. The van der Waals surface area contributed by atoms with Crippen LogP contribution < -0.4 is 5.32 Å². The van der Waals surface area contributed by atoms with Gasteiger partial charge in [0.25, 0.3) is 0 Å². The normalized spacial score (nSPS) is 14.0. The first-order valence-corrected chi connectivity index (χ1v) is 8.67. The molecule has 3 aromatic rings. The summed E-state index contributed by atoms with van der Waals surface area (Å²) in [5.41, 5.74) is 2.51. The summed E-state index contributed by atoms with van der Waals surface area (Å²) < 4.78 is 16.1. The standard InChI is InChI=1S/C20H20FN3O/c21-16-6-2-1-5-15(16)13-24-18-8-4-3-7-17(18)23-19(24)11-12-22-20(25)14-9-10-14/h1-8,14H,9-13H2,(H,22,25). The van der Waals surface area contributed by atoms with Gasteiger partial charge < -0.3 is 9.88 Å². The summed E-state index contributed by atoms with van der Waals surface area (Å²) in [7, 11) is 0. The highest BCUT2D eigenvalue weighted by Gasteiger charge is 2.29. The van der Waals surface area contributed by atoms with Gasteiger partial charge in [-0.05, 0) is 31.0 Å². The molecule has 4 nitrogen and oxygen atoms in total. The molecule has 25 heavy (non-hydrogen) atoms. The number of rotatable bonds is 6.